The lowest BCUT2D eigenvalue weighted by Gasteiger charge is -2.21. The maximum absolute atomic E-state index is 2.45. The van der Waals surface area contributed by atoms with Crippen LogP contribution < -0.4 is 0 Å². The van der Waals surface area contributed by atoms with Crippen LogP contribution in [0.5, 0.6) is 0 Å². The maximum atomic E-state index is 2.45. The van der Waals surface area contributed by atoms with E-state index < -0.39 is 0 Å². The van der Waals surface area contributed by atoms with E-state index in [9.17, 15) is 0 Å². The van der Waals surface area contributed by atoms with Gasteiger partial charge in [0.1, 0.15) is 0 Å². The molecule has 0 saturated carbocycles. The molecule has 0 saturated heterocycles. The SMILES string of the molecule is Cc1cccc2ccc3c(c4ccccc4n3-c3ccc4c(c3)-c3cccc5cccc(c35)S4)c12. The van der Waals surface area contributed by atoms with Gasteiger partial charge in [-0.3, -0.25) is 0 Å². The molecule has 0 spiro atoms. The minimum Gasteiger partial charge on any atom is -0.309 e. The Kier molecular flexibility index (Phi) is 3.86. The summed E-state index contributed by atoms with van der Waals surface area (Å²) in [6, 6.07) is 40.3. The van der Waals surface area contributed by atoms with Crippen molar-refractivity contribution in [2.45, 2.75) is 16.7 Å². The van der Waals surface area contributed by atoms with E-state index in [0.29, 0.717) is 0 Å². The molecule has 2 heterocycles. The Balaban J connectivity index is 1.48. The van der Waals surface area contributed by atoms with Gasteiger partial charge in [-0.1, -0.05) is 84.6 Å². The zero-order valence-corrected chi connectivity index (χ0v) is 20.1. The summed E-state index contributed by atoms with van der Waals surface area (Å²) in [5.74, 6) is 0. The molecule has 164 valence electrons. The number of hydrogen-bond acceptors (Lipinski definition) is 1. The standard InChI is InChI=1S/C33H21NS/c1-20-7-4-8-22-15-17-28-33(31(20)22)25-11-2-3-13-27(25)34(28)23-16-18-29-26(19-23)24-12-5-9-21-10-6-14-30(35-29)32(21)24/h2-19H,1H3. The molecule has 0 bridgehead atoms. The zero-order chi connectivity index (χ0) is 23.1. The molecule has 0 N–H and O–H groups in total. The Morgan fingerprint density at radius 3 is 2.26 bits per heavy atom. The van der Waals surface area contributed by atoms with Crippen molar-refractivity contribution in [1.29, 1.82) is 0 Å². The Hall–Kier alpha value is -4.01. The van der Waals surface area contributed by atoms with Gasteiger partial charge >= 0.3 is 0 Å². The van der Waals surface area contributed by atoms with Gasteiger partial charge < -0.3 is 4.57 Å². The number of aromatic nitrogens is 1. The minimum atomic E-state index is 1.21. The van der Waals surface area contributed by atoms with Crippen LogP contribution in [0, 0.1) is 6.92 Å². The average Bonchev–Trinajstić information content (AvgIpc) is 3.23. The summed E-state index contributed by atoms with van der Waals surface area (Å²) in [4.78, 5) is 2.67. The van der Waals surface area contributed by atoms with Crippen molar-refractivity contribution in [3.8, 4) is 16.8 Å². The number of benzene rings is 6. The molecule has 8 rings (SSSR count). The number of aryl methyl sites for hydroxylation is 1. The van der Waals surface area contributed by atoms with E-state index in [2.05, 4.69) is 121 Å². The monoisotopic (exact) mass is 463 g/mol. The second kappa shape index (κ2) is 7.00. The highest BCUT2D eigenvalue weighted by molar-refractivity contribution is 7.99. The number of hydrogen-bond donors (Lipinski definition) is 0. The van der Waals surface area contributed by atoms with E-state index in [1.807, 2.05) is 11.8 Å². The van der Waals surface area contributed by atoms with Crippen LogP contribution in [0.2, 0.25) is 0 Å². The molecule has 1 aliphatic rings. The summed E-state index contributed by atoms with van der Waals surface area (Å²) in [7, 11) is 0. The lowest BCUT2D eigenvalue weighted by molar-refractivity contribution is 1.17. The largest absolute Gasteiger partial charge is 0.309 e. The summed E-state index contributed by atoms with van der Waals surface area (Å²) in [6.07, 6.45) is 0. The van der Waals surface area contributed by atoms with Gasteiger partial charge in [-0.05, 0) is 76.2 Å². The molecule has 0 amide bonds. The van der Waals surface area contributed by atoms with Crippen molar-refractivity contribution >= 4 is 55.1 Å². The smallest absolute Gasteiger partial charge is 0.0547 e. The summed E-state index contributed by atoms with van der Waals surface area (Å²) in [6.45, 7) is 2.22. The van der Waals surface area contributed by atoms with Gasteiger partial charge in [0.15, 0.2) is 0 Å². The van der Waals surface area contributed by atoms with Crippen LogP contribution in [0.25, 0.3) is 60.2 Å². The Morgan fingerprint density at radius 2 is 1.34 bits per heavy atom. The van der Waals surface area contributed by atoms with E-state index >= 15 is 0 Å². The van der Waals surface area contributed by atoms with Gasteiger partial charge in [0, 0.05) is 31.6 Å². The van der Waals surface area contributed by atoms with Gasteiger partial charge in [-0.15, -0.1) is 0 Å². The highest BCUT2D eigenvalue weighted by Gasteiger charge is 2.21. The van der Waals surface area contributed by atoms with E-state index in [4.69, 9.17) is 0 Å². The molecule has 35 heavy (non-hydrogen) atoms. The van der Waals surface area contributed by atoms with Crippen molar-refractivity contribution in [1.82, 2.24) is 4.57 Å². The van der Waals surface area contributed by atoms with Gasteiger partial charge in [0.2, 0.25) is 0 Å². The number of rotatable bonds is 1. The van der Waals surface area contributed by atoms with Crippen molar-refractivity contribution in [2.75, 3.05) is 0 Å². The molecule has 2 heteroatoms. The first-order valence-electron chi connectivity index (χ1n) is 12.0. The van der Waals surface area contributed by atoms with Gasteiger partial charge in [-0.25, -0.2) is 0 Å². The van der Waals surface area contributed by atoms with Crippen LogP contribution in [-0.2, 0) is 0 Å². The fourth-order valence-electron chi connectivity index (χ4n) is 5.99. The van der Waals surface area contributed by atoms with Crippen LogP contribution in [0.15, 0.2) is 119 Å². The molecule has 1 nitrogen and oxygen atoms in total. The molecule has 0 aliphatic carbocycles. The lowest BCUT2D eigenvalue weighted by Crippen LogP contribution is -1.98. The Labute approximate surface area is 207 Å². The number of fused-ring (bicyclic) bond motifs is 7. The normalized spacial score (nSPS) is 12.6. The second-order valence-corrected chi connectivity index (χ2v) is 10.5. The topological polar surface area (TPSA) is 4.93 Å². The van der Waals surface area contributed by atoms with Crippen LogP contribution in [0.1, 0.15) is 5.56 Å². The highest BCUT2D eigenvalue weighted by atomic mass is 32.2. The van der Waals surface area contributed by atoms with Gasteiger partial charge in [0.05, 0.1) is 11.0 Å². The predicted octanol–water partition coefficient (Wildman–Crippen LogP) is 9.53. The van der Waals surface area contributed by atoms with Crippen LogP contribution in [0.4, 0.5) is 0 Å². The molecule has 1 aliphatic heterocycles. The first kappa shape index (κ1) is 19.3. The average molecular weight is 464 g/mol. The summed E-state index contributed by atoms with van der Waals surface area (Å²) >= 11 is 1.88. The quantitative estimate of drug-likeness (QED) is 0.235. The third kappa shape index (κ3) is 2.60. The van der Waals surface area contributed by atoms with Crippen molar-refractivity contribution in [3.63, 3.8) is 0 Å². The third-order valence-electron chi connectivity index (χ3n) is 7.49. The first-order valence-corrected chi connectivity index (χ1v) is 12.9. The van der Waals surface area contributed by atoms with E-state index in [1.165, 1.54) is 75.5 Å². The minimum absolute atomic E-state index is 1.21. The van der Waals surface area contributed by atoms with E-state index in [1.54, 1.807) is 0 Å². The molecular weight excluding hydrogens is 442 g/mol. The van der Waals surface area contributed by atoms with Crippen LogP contribution in [0.3, 0.4) is 0 Å². The van der Waals surface area contributed by atoms with Crippen molar-refractivity contribution in [2.24, 2.45) is 0 Å². The van der Waals surface area contributed by atoms with Crippen LogP contribution >= 0.6 is 11.8 Å². The van der Waals surface area contributed by atoms with Gasteiger partial charge in [-0.2, -0.15) is 0 Å². The zero-order valence-electron chi connectivity index (χ0n) is 19.2. The van der Waals surface area contributed by atoms with Crippen molar-refractivity contribution < 1.29 is 0 Å². The molecule has 7 aromatic rings. The third-order valence-corrected chi connectivity index (χ3v) is 8.62. The number of nitrogens with zero attached hydrogens (tertiary/aromatic N) is 1. The molecule has 6 aromatic carbocycles. The molecule has 0 fully saturated rings. The summed E-state index contributed by atoms with van der Waals surface area (Å²) in [5.41, 5.74) is 7.69. The molecule has 0 unspecified atom stereocenters. The Bertz CT molecular complexity index is 1990. The highest BCUT2D eigenvalue weighted by Crippen LogP contribution is 2.49. The van der Waals surface area contributed by atoms with Gasteiger partial charge in [0.25, 0.3) is 0 Å². The van der Waals surface area contributed by atoms with E-state index in [-0.39, 0.29) is 0 Å². The predicted molar refractivity (Wildman–Crippen MR) is 150 cm³/mol. The number of para-hydroxylation sites is 1. The Morgan fingerprint density at radius 1 is 0.543 bits per heavy atom. The molecule has 0 radical (unpaired) electrons. The second-order valence-electron chi connectivity index (χ2n) is 9.43. The lowest BCUT2D eigenvalue weighted by atomic mass is 9.97. The summed E-state index contributed by atoms with van der Waals surface area (Å²) < 4.78 is 2.45. The molecule has 0 atom stereocenters. The summed E-state index contributed by atoms with van der Waals surface area (Å²) in [5, 5.41) is 7.98. The first-order chi connectivity index (χ1) is 17.3. The van der Waals surface area contributed by atoms with Crippen LogP contribution in [-0.4, -0.2) is 4.57 Å². The molecule has 1 aromatic heterocycles. The maximum Gasteiger partial charge on any atom is 0.0547 e. The fourth-order valence-corrected chi connectivity index (χ4v) is 7.12. The van der Waals surface area contributed by atoms with Crippen molar-refractivity contribution in [3.05, 3.63) is 115 Å². The van der Waals surface area contributed by atoms with E-state index in [0.717, 1.165) is 0 Å². The fraction of sp³-hybridized carbons (Fsp3) is 0.0303. The molecular formula is C33H21NS.